The SMILES string of the molecule is CCCN(CC1CC1)C(=O)NC1CCCCC1. The minimum atomic E-state index is 0.186. The number of hydrogen-bond acceptors (Lipinski definition) is 1. The Hall–Kier alpha value is -0.730. The Kier molecular flexibility index (Phi) is 4.69. The standard InChI is InChI=1S/C14H26N2O/c1-2-10-16(11-12-8-9-12)14(17)15-13-6-4-3-5-7-13/h12-13H,2-11H2,1H3,(H,15,17). The van der Waals surface area contributed by atoms with Crippen LogP contribution in [0.25, 0.3) is 0 Å². The van der Waals surface area contributed by atoms with Gasteiger partial charge in [-0.2, -0.15) is 0 Å². The third kappa shape index (κ3) is 4.21. The molecule has 0 aliphatic heterocycles. The molecule has 2 rings (SSSR count). The molecule has 2 saturated carbocycles. The molecular formula is C14H26N2O. The second kappa shape index (κ2) is 6.27. The summed E-state index contributed by atoms with van der Waals surface area (Å²) >= 11 is 0. The van der Waals surface area contributed by atoms with E-state index in [1.807, 2.05) is 4.90 Å². The second-order valence-electron chi connectivity index (χ2n) is 5.67. The van der Waals surface area contributed by atoms with Gasteiger partial charge in [0, 0.05) is 19.1 Å². The summed E-state index contributed by atoms with van der Waals surface area (Å²) in [6.45, 7) is 4.04. The molecule has 0 radical (unpaired) electrons. The Morgan fingerprint density at radius 1 is 1.18 bits per heavy atom. The number of amides is 2. The molecule has 98 valence electrons. The summed E-state index contributed by atoms with van der Waals surface area (Å²) in [5.74, 6) is 0.790. The maximum absolute atomic E-state index is 12.2. The summed E-state index contributed by atoms with van der Waals surface area (Å²) in [6, 6.07) is 0.625. The molecule has 0 saturated heterocycles. The fourth-order valence-electron chi connectivity index (χ4n) is 2.67. The van der Waals surface area contributed by atoms with Crippen molar-refractivity contribution in [2.45, 2.75) is 64.3 Å². The van der Waals surface area contributed by atoms with E-state index in [1.54, 1.807) is 0 Å². The lowest BCUT2D eigenvalue weighted by atomic mass is 9.96. The second-order valence-corrected chi connectivity index (χ2v) is 5.67. The van der Waals surface area contributed by atoms with Crippen LogP contribution in [0.15, 0.2) is 0 Å². The number of carbonyl (C=O) groups is 1. The molecule has 1 N–H and O–H groups in total. The van der Waals surface area contributed by atoms with Crippen molar-refractivity contribution in [2.24, 2.45) is 5.92 Å². The van der Waals surface area contributed by atoms with Gasteiger partial charge in [-0.25, -0.2) is 4.79 Å². The van der Waals surface area contributed by atoms with Crippen LogP contribution in [0.2, 0.25) is 0 Å². The topological polar surface area (TPSA) is 32.3 Å². The third-order valence-electron chi connectivity index (χ3n) is 3.89. The van der Waals surface area contributed by atoms with Crippen molar-refractivity contribution in [1.29, 1.82) is 0 Å². The molecule has 2 fully saturated rings. The third-order valence-corrected chi connectivity index (χ3v) is 3.89. The van der Waals surface area contributed by atoms with Gasteiger partial charge in [-0.05, 0) is 38.0 Å². The van der Waals surface area contributed by atoms with E-state index < -0.39 is 0 Å². The summed E-state index contributed by atoms with van der Waals surface area (Å²) in [4.78, 5) is 14.2. The van der Waals surface area contributed by atoms with Crippen molar-refractivity contribution < 1.29 is 4.79 Å². The monoisotopic (exact) mass is 238 g/mol. The fraction of sp³-hybridized carbons (Fsp3) is 0.929. The molecule has 0 aromatic heterocycles. The zero-order valence-corrected chi connectivity index (χ0v) is 11.1. The van der Waals surface area contributed by atoms with E-state index in [1.165, 1.54) is 44.9 Å². The van der Waals surface area contributed by atoms with Crippen LogP contribution in [0.4, 0.5) is 4.79 Å². The fourth-order valence-corrected chi connectivity index (χ4v) is 2.67. The largest absolute Gasteiger partial charge is 0.335 e. The molecule has 3 nitrogen and oxygen atoms in total. The first-order valence-electron chi connectivity index (χ1n) is 7.35. The minimum absolute atomic E-state index is 0.186. The highest BCUT2D eigenvalue weighted by atomic mass is 16.2. The van der Waals surface area contributed by atoms with E-state index in [-0.39, 0.29) is 6.03 Å². The molecule has 0 heterocycles. The molecule has 0 aromatic carbocycles. The van der Waals surface area contributed by atoms with Crippen LogP contribution in [-0.2, 0) is 0 Å². The minimum Gasteiger partial charge on any atom is -0.335 e. The highest BCUT2D eigenvalue weighted by Crippen LogP contribution is 2.29. The van der Waals surface area contributed by atoms with E-state index >= 15 is 0 Å². The van der Waals surface area contributed by atoms with Crippen LogP contribution in [0.5, 0.6) is 0 Å². The lowest BCUT2D eigenvalue weighted by Gasteiger charge is -2.28. The number of urea groups is 1. The Balaban J connectivity index is 1.77. The molecule has 2 aliphatic rings. The molecule has 0 bridgehead atoms. The maximum Gasteiger partial charge on any atom is 0.317 e. The smallest absolute Gasteiger partial charge is 0.317 e. The predicted molar refractivity (Wildman–Crippen MR) is 70.0 cm³/mol. The van der Waals surface area contributed by atoms with Gasteiger partial charge in [0.1, 0.15) is 0 Å². The van der Waals surface area contributed by atoms with Gasteiger partial charge in [0.2, 0.25) is 0 Å². The lowest BCUT2D eigenvalue weighted by molar-refractivity contribution is 0.187. The Morgan fingerprint density at radius 3 is 2.47 bits per heavy atom. The van der Waals surface area contributed by atoms with Crippen LogP contribution < -0.4 is 5.32 Å². The molecule has 0 atom stereocenters. The Bertz CT molecular complexity index is 245. The average molecular weight is 238 g/mol. The predicted octanol–water partition coefficient (Wildman–Crippen LogP) is 3.15. The summed E-state index contributed by atoms with van der Waals surface area (Å²) in [7, 11) is 0. The van der Waals surface area contributed by atoms with Gasteiger partial charge in [-0.1, -0.05) is 26.2 Å². The van der Waals surface area contributed by atoms with Crippen molar-refractivity contribution in [3.63, 3.8) is 0 Å². The summed E-state index contributed by atoms with van der Waals surface area (Å²) in [6.07, 6.45) is 9.94. The first kappa shape index (κ1) is 12.7. The van der Waals surface area contributed by atoms with Gasteiger partial charge in [-0.15, -0.1) is 0 Å². The summed E-state index contributed by atoms with van der Waals surface area (Å²) in [5.41, 5.74) is 0. The molecule has 3 heteroatoms. The average Bonchev–Trinajstić information content (AvgIpc) is 3.14. The van der Waals surface area contributed by atoms with Gasteiger partial charge < -0.3 is 10.2 Å². The molecule has 2 amide bonds. The van der Waals surface area contributed by atoms with Crippen molar-refractivity contribution in [3.8, 4) is 0 Å². The molecule has 0 spiro atoms. The van der Waals surface area contributed by atoms with Gasteiger partial charge in [0.15, 0.2) is 0 Å². The van der Waals surface area contributed by atoms with E-state index in [0.717, 1.165) is 25.4 Å². The lowest BCUT2D eigenvalue weighted by Crippen LogP contribution is -2.46. The maximum atomic E-state index is 12.2. The van der Waals surface area contributed by atoms with Gasteiger partial charge >= 0.3 is 6.03 Å². The van der Waals surface area contributed by atoms with E-state index in [0.29, 0.717) is 6.04 Å². The van der Waals surface area contributed by atoms with Gasteiger partial charge in [-0.3, -0.25) is 0 Å². The van der Waals surface area contributed by atoms with Gasteiger partial charge in [0.25, 0.3) is 0 Å². The van der Waals surface area contributed by atoms with Crippen molar-refractivity contribution >= 4 is 6.03 Å². The number of nitrogens with one attached hydrogen (secondary N) is 1. The highest BCUT2D eigenvalue weighted by molar-refractivity contribution is 5.74. The molecule has 2 aliphatic carbocycles. The van der Waals surface area contributed by atoms with E-state index in [4.69, 9.17) is 0 Å². The molecular weight excluding hydrogens is 212 g/mol. The van der Waals surface area contributed by atoms with Crippen LogP contribution >= 0.6 is 0 Å². The highest BCUT2D eigenvalue weighted by Gasteiger charge is 2.27. The van der Waals surface area contributed by atoms with E-state index in [9.17, 15) is 4.79 Å². The molecule has 0 unspecified atom stereocenters. The Labute approximate surface area is 105 Å². The number of nitrogens with zero attached hydrogens (tertiary/aromatic N) is 1. The first-order chi connectivity index (χ1) is 8.29. The van der Waals surface area contributed by atoms with Crippen LogP contribution in [0, 0.1) is 5.92 Å². The summed E-state index contributed by atoms with van der Waals surface area (Å²) < 4.78 is 0. The molecule has 0 aromatic rings. The number of carbonyl (C=O) groups excluding carboxylic acids is 1. The van der Waals surface area contributed by atoms with Crippen LogP contribution in [0.3, 0.4) is 0 Å². The summed E-state index contributed by atoms with van der Waals surface area (Å²) in [5, 5.41) is 3.22. The number of rotatable bonds is 5. The van der Waals surface area contributed by atoms with E-state index in [2.05, 4.69) is 12.2 Å². The number of hydrogen-bond donors (Lipinski definition) is 1. The van der Waals surface area contributed by atoms with Gasteiger partial charge in [0.05, 0.1) is 0 Å². The van der Waals surface area contributed by atoms with Crippen molar-refractivity contribution in [2.75, 3.05) is 13.1 Å². The van der Waals surface area contributed by atoms with Crippen molar-refractivity contribution in [1.82, 2.24) is 10.2 Å². The van der Waals surface area contributed by atoms with Crippen molar-refractivity contribution in [3.05, 3.63) is 0 Å². The first-order valence-corrected chi connectivity index (χ1v) is 7.35. The Morgan fingerprint density at radius 2 is 1.88 bits per heavy atom. The van der Waals surface area contributed by atoms with Crippen LogP contribution in [-0.4, -0.2) is 30.1 Å². The molecule has 17 heavy (non-hydrogen) atoms. The quantitative estimate of drug-likeness (QED) is 0.784. The zero-order valence-electron chi connectivity index (χ0n) is 11.1. The van der Waals surface area contributed by atoms with Crippen LogP contribution in [0.1, 0.15) is 58.3 Å². The zero-order chi connectivity index (χ0) is 12.1. The normalized spacial score (nSPS) is 21.2.